The Morgan fingerprint density at radius 2 is 2.13 bits per heavy atom. The molecule has 76 valence electrons. The second-order valence-corrected chi connectivity index (χ2v) is 2.78. The van der Waals surface area contributed by atoms with Crippen LogP contribution < -0.4 is 5.69 Å². The van der Waals surface area contributed by atoms with Gasteiger partial charge < -0.3 is 0 Å². The number of nitro groups is 1. The molecular formula is C8H6N4O3. The molecule has 0 atom stereocenters. The number of aromatic amines is 1. The van der Waals surface area contributed by atoms with Crippen molar-refractivity contribution in [3.8, 4) is 5.69 Å². The summed E-state index contributed by atoms with van der Waals surface area (Å²) in [6.07, 6.45) is 1.20. The van der Waals surface area contributed by atoms with Gasteiger partial charge in [0.15, 0.2) is 0 Å². The third-order valence-electron chi connectivity index (χ3n) is 1.89. The third kappa shape index (κ3) is 1.50. The smallest absolute Gasteiger partial charge is 0.258 e. The Morgan fingerprint density at radius 1 is 1.40 bits per heavy atom. The number of nitrogens with zero attached hydrogens (tertiary/aromatic N) is 3. The summed E-state index contributed by atoms with van der Waals surface area (Å²) in [5.41, 5.74) is -0.452. The normalized spacial score (nSPS) is 10.1. The van der Waals surface area contributed by atoms with E-state index >= 15 is 0 Å². The van der Waals surface area contributed by atoms with Crippen molar-refractivity contribution >= 4 is 5.69 Å². The Hall–Kier alpha value is -2.44. The van der Waals surface area contributed by atoms with Crippen molar-refractivity contribution in [2.24, 2.45) is 0 Å². The summed E-state index contributed by atoms with van der Waals surface area (Å²) in [4.78, 5) is 21.4. The van der Waals surface area contributed by atoms with Gasteiger partial charge in [-0.15, -0.1) is 0 Å². The minimum atomic E-state index is -0.547. The Morgan fingerprint density at radius 3 is 2.73 bits per heavy atom. The summed E-state index contributed by atoms with van der Waals surface area (Å²) in [5.74, 6) is 0. The largest absolute Gasteiger partial charge is 0.347 e. The Balaban J connectivity index is 2.68. The lowest BCUT2D eigenvalue weighted by molar-refractivity contribution is -0.384. The monoisotopic (exact) mass is 206 g/mol. The van der Waals surface area contributed by atoms with Gasteiger partial charge in [0, 0.05) is 6.07 Å². The van der Waals surface area contributed by atoms with Gasteiger partial charge in [0.05, 0.1) is 4.92 Å². The summed E-state index contributed by atoms with van der Waals surface area (Å²) in [6, 6.07) is 5.96. The van der Waals surface area contributed by atoms with E-state index in [-0.39, 0.29) is 11.4 Å². The first kappa shape index (κ1) is 9.13. The molecule has 2 rings (SSSR count). The van der Waals surface area contributed by atoms with Crippen LogP contribution in [-0.2, 0) is 0 Å². The highest BCUT2D eigenvalue weighted by molar-refractivity contribution is 5.51. The summed E-state index contributed by atoms with van der Waals surface area (Å²) >= 11 is 0. The van der Waals surface area contributed by atoms with Gasteiger partial charge in [-0.2, -0.15) is 5.10 Å². The predicted molar refractivity (Wildman–Crippen MR) is 50.8 cm³/mol. The Bertz CT molecular complexity index is 557. The molecule has 0 aliphatic carbocycles. The summed E-state index contributed by atoms with van der Waals surface area (Å²) in [6.45, 7) is 0. The van der Waals surface area contributed by atoms with Crippen molar-refractivity contribution in [1.29, 1.82) is 0 Å². The summed E-state index contributed by atoms with van der Waals surface area (Å²) in [7, 11) is 0. The number of H-pyrrole nitrogens is 1. The van der Waals surface area contributed by atoms with Crippen LogP contribution in [0.1, 0.15) is 0 Å². The number of aromatic nitrogens is 3. The molecule has 0 aliphatic heterocycles. The first-order chi connectivity index (χ1) is 7.20. The van der Waals surface area contributed by atoms with Gasteiger partial charge in [0.1, 0.15) is 12.0 Å². The molecular weight excluding hydrogens is 200 g/mol. The lowest BCUT2D eigenvalue weighted by Gasteiger charge is -2.00. The van der Waals surface area contributed by atoms with Crippen LogP contribution in [0, 0.1) is 10.1 Å². The third-order valence-corrected chi connectivity index (χ3v) is 1.89. The van der Waals surface area contributed by atoms with E-state index in [0.29, 0.717) is 0 Å². The molecule has 0 fully saturated rings. The van der Waals surface area contributed by atoms with Crippen molar-refractivity contribution < 1.29 is 4.92 Å². The molecule has 1 N–H and O–H groups in total. The molecule has 1 heterocycles. The fourth-order valence-electron chi connectivity index (χ4n) is 1.24. The maximum Gasteiger partial charge on any atom is 0.347 e. The van der Waals surface area contributed by atoms with E-state index in [9.17, 15) is 14.9 Å². The fourth-order valence-corrected chi connectivity index (χ4v) is 1.24. The zero-order valence-corrected chi connectivity index (χ0v) is 7.45. The number of hydrogen-bond donors (Lipinski definition) is 1. The number of para-hydroxylation sites is 2. The van der Waals surface area contributed by atoms with Gasteiger partial charge in [0.2, 0.25) is 0 Å². The highest BCUT2D eigenvalue weighted by atomic mass is 16.6. The molecule has 0 spiro atoms. The summed E-state index contributed by atoms with van der Waals surface area (Å²) < 4.78 is 1.08. The highest BCUT2D eigenvalue weighted by Gasteiger charge is 2.15. The van der Waals surface area contributed by atoms with Crippen LogP contribution in [0.2, 0.25) is 0 Å². The minimum Gasteiger partial charge on any atom is -0.258 e. The highest BCUT2D eigenvalue weighted by Crippen LogP contribution is 2.19. The molecule has 2 aromatic rings. The number of rotatable bonds is 2. The van der Waals surface area contributed by atoms with Crippen molar-refractivity contribution in [2.75, 3.05) is 0 Å². The van der Waals surface area contributed by atoms with Gasteiger partial charge >= 0.3 is 5.69 Å². The van der Waals surface area contributed by atoms with E-state index < -0.39 is 10.6 Å². The zero-order chi connectivity index (χ0) is 10.8. The van der Waals surface area contributed by atoms with E-state index in [1.54, 1.807) is 6.07 Å². The van der Waals surface area contributed by atoms with Gasteiger partial charge in [-0.3, -0.25) is 10.1 Å². The quantitative estimate of drug-likeness (QED) is 0.570. The first-order valence-electron chi connectivity index (χ1n) is 4.06. The number of benzene rings is 1. The van der Waals surface area contributed by atoms with Crippen LogP contribution >= 0.6 is 0 Å². The molecule has 7 heteroatoms. The second-order valence-electron chi connectivity index (χ2n) is 2.78. The molecule has 7 nitrogen and oxygen atoms in total. The number of nitrogens with one attached hydrogen (secondary N) is 1. The van der Waals surface area contributed by atoms with Crippen LogP contribution in [0.25, 0.3) is 5.69 Å². The van der Waals surface area contributed by atoms with Crippen LogP contribution in [-0.4, -0.2) is 19.7 Å². The zero-order valence-electron chi connectivity index (χ0n) is 7.45. The van der Waals surface area contributed by atoms with Gasteiger partial charge in [0.25, 0.3) is 5.69 Å². The lowest BCUT2D eigenvalue weighted by atomic mass is 10.2. The maximum atomic E-state index is 11.2. The SMILES string of the molecule is O=c1[nH]ncn1-c1ccccc1[N+](=O)[O-]. The van der Waals surface area contributed by atoms with Crippen molar-refractivity contribution in [2.45, 2.75) is 0 Å². The van der Waals surface area contributed by atoms with E-state index in [2.05, 4.69) is 10.2 Å². The van der Waals surface area contributed by atoms with Crippen molar-refractivity contribution in [3.05, 3.63) is 51.2 Å². The van der Waals surface area contributed by atoms with Crippen LogP contribution in [0.5, 0.6) is 0 Å². The van der Waals surface area contributed by atoms with Crippen LogP contribution in [0.3, 0.4) is 0 Å². The van der Waals surface area contributed by atoms with Crippen LogP contribution in [0.4, 0.5) is 5.69 Å². The van der Waals surface area contributed by atoms with Gasteiger partial charge in [-0.1, -0.05) is 12.1 Å². The van der Waals surface area contributed by atoms with E-state index in [4.69, 9.17) is 0 Å². The maximum absolute atomic E-state index is 11.2. The molecule has 0 bridgehead atoms. The minimum absolute atomic E-state index is 0.138. The van der Waals surface area contributed by atoms with Crippen LogP contribution in [0.15, 0.2) is 35.4 Å². The molecule has 1 aromatic carbocycles. The second kappa shape index (κ2) is 3.37. The molecule has 0 amide bonds. The van der Waals surface area contributed by atoms with Crippen molar-refractivity contribution in [3.63, 3.8) is 0 Å². The first-order valence-corrected chi connectivity index (χ1v) is 4.06. The van der Waals surface area contributed by atoms with E-state index in [1.807, 2.05) is 0 Å². The fraction of sp³-hybridized carbons (Fsp3) is 0. The summed E-state index contributed by atoms with van der Waals surface area (Å²) in [5, 5.41) is 16.4. The Kier molecular flexibility index (Phi) is 2.05. The van der Waals surface area contributed by atoms with E-state index in [0.717, 1.165) is 4.57 Å². The van der Waals surface area contributed by atoms with E-state index in [1.165, 1.54) is 24.5 Å². The number of hydrogen-bond acceptors (Lipinski definition) is 4. The van der Waals surface area contributed by atoms with Gasteiger partial charge in [-0.25, -0.2) is 14.5 Å². The molecule has 0 radical (unpaired) electrons. The molecule has 0 saturated heterocycles. The number of nitro benzene ring substituents is 1. The average Bonchev–Trinajstić information content (AvgIpc) is 2.64. The molecule has 0 unspecified atom stereocenters. The van der Waals surface area contributed by atoms with Gasteiger partial charge in [-0.05, 0) is 6.07 Å². The molecule has 0 saturated carbocycles. The predicted octanol–water partition coefficient (Wildman–Crippen LogP) is 0.469. The molecule has 0 aliphatic rings. The molecule has 15 heavy (non-hydrogen) atoms. The topological polar surface area (TPSA) is 93.8 Å². The average molecular weight is 206 g/mol. The molecule has 1 aromatic heterocycles. The Labute approximate surface area is 83.1 Å². The standard InChI is InChI=1S/C8H6N4O3/c13-8-10-9-5-11(8)6-3-1-2-4-7(6)12(14)15/h1-5H,(H,10,13). The van der Waals surface area contributed by atoms with Crippen molar-refractivity contribution in [1.82, 2.24) is 14.8 Å². The lowest BCUT2D eigenvalue weighted by Crippen LogP contribution is -2.15.